The molecule has 2 aromatic carbocycles. The molecule has 0 spiro atoms. The van der Waals surface area contributed by atoms with E-state index in [1.165, 1.54) is 19.2 Å². The fraction of sp³-hybridized carbons (Fsp3) is 0.200. The Kier molecular flexibility index (Phi) is 4.47. The van der Waals surface area contributed by atoms with E-state index in [9.17, 15) is 18.5 Å². The van der Waals surface area contributed by atoms with Crippen molar-refractivity contribution in [3.05, 3.63) is 46.5 Å². The van der Waals surface area contributed by atoms with Crippen molar-refractivity contribution in [3.63, 3.8) is 0 Å². The highest BCUT2D eigenvalue weighted by molar-refractivity contribution is 7.89. The van der Waals surface area contributed by atoms with E-state index in [0.717, 1.165) is 6.07 Å². The number of nitrogens with one attached hydrogen (secondary N) is 2. The zero-order chi connectivity index (χ0) is 18.0. The second-order valence-corrected chi connectivity index (χ2v) is 7.01. The van der Waals surface area contributed by atoms with Crippen LogP contribution in [0.15, 0.2) is 41.3 Å². The smallest absolute Gasteiger partial charge is 0.294 e. The molecule has 1 heterocycles. The molecule has 1 aliphatic heterocycles. The van der Waals surface area contributed by atoms with Gasteiger partial charge in [0.25, 0.3) is 5.69 Å². The lowest BCUT2D eigenvalue weighted by molar-refractivity contribution is -0.384. The average molecular weight is 365 g/mol. The number of nitrogens with zero attached hydrogens (tertiary/aromatic N) is 1. The molecular weight excluding hydrogens is 350 g/mol. The van der Waals surface area contributed by atoms with Crippen molar-refractivity contribution in [2.75, 3.05) is 25.6 Å². The third-order valence-electron chi connectivity index (χ3n) is 3.57. The lowest BCUT2D eigenvalue weighted by atomic mass is 10.2. The highest BCUT2D eigenvalue weighted by atomic mass is 32.2. The van der Waals surface area contributed by atoms with Crippen LogP contribution in [0.2, 0.25) is 0 Å². The van der Waals surface area contributed by atoms with Crippen LogP contribution in [-0.4, -0.2) is 33.6 Å². The average Bonchev–Trinajstić information content (AvgIpc) is 2.61. The molecule has 132 valence electrons. The summed E-state index contributed by atoms with van der Waals surface area (Å²) in [5, 5.41) is 14.2. The number of ether oxygens (including phenoxy) is 2. The van der Waals surface area contributed by atoms with Crippen molar-refractivity contribution >= 4 is 27.1 Å². The molecule has 10 heteroatoms. The van der Waals surface area contributed by atoms with Crippen LogP contribution < -0.4 is 19.5 Å². The predicted molar refractivity (Wildman–Crippen MR) is 90.1 cm³/mol. The van der Waals surface area contributed by atoms with Crippen molar-refractivity contribution in [3.8, 4) is 11.5 Å². The van der Waals surface area contributed by atoms with E-state index in [4.69, 9.17) is 9.47 Å². The number of benzene rings is 2. The Morgan fingerprint density at radius 1 is 1.08 bits per heavy atom. The Hall–Kier alpha value is -2.85. The van der Waals surface area contributed by atoms with Gasteiger partial charge in [-0.2, -0.15) is 0 Å². The number of hydrogen-bond acceptors (Lipinski definition) is 7. The molecule has 0 amide bonds. The highest BCUT2D eigenvalue weighted by Crippen LogP contribution is 2.35. The molecule has 1 aliphatic rings. The van der Waals surface area contributed by atoms with Gasteiger partial charge in [-0.15, -0.1) is 0 Å². The Bertz CT molecular complexity index is 929. The monoisotopic (exact) mass is 365 g/mol. The zero-order valence-electron chi connectivity index (χ0n) is 13.2. The first-order valence-electron chi connectivity index (χ1n) is 7.29. The normalized spacial score (nSPS) is 13.3. The number of fused-ring (bicyclic) bond motifs is 1. The maximum Gasteiger partial charge on any atom is 0.294 e. The van der Waals surface area contributed by atoms with Crippen LogP contribution in [0.1, 0.15) is 0 Å². The number of nitro groups is 1. The summed E-state index contributed by atoms with van der Waals surface area (Å²) in [6, 6.07) is 8.69. The van der Waals surface area contributed by atoms with Gasteiger partial charge in [-0.3, -0.25) is 10.1 Å². The second-order valence-electron chi connectivity index (χ2n) is 5.13. The van der Waals surface area contributed by atoms with Gasteiger partial charge in [0, 0.05) is 17.8 Å². The van der Waals surface area contributed by atoms with Gasteiger partial charge in [-0.05, 0) is 31.3 Å². The quantitative estimate of drug-likeness (QED) is 0.614. The molecule has 2 N–H and O–H groups in total. The molecule has 0 radical (unpaired) electrons. The van der Waals surface area contributed by atoms with Crippen LogP contribution in [0.3, 0.4) is 0 Å². The summed E-state index contributed by atoms with van der Waals surface area (Å²) in [7, 11) is -2.54. The fourth-order valence-electron chi connectivity index (χ4n) is 2.33. The zero-order valence-corrected chi connectivity index (χ0v) is 14.0. The van der Waals surface area contributed by atoms with E-state index in [2.05, 4.69) is 10.0 Å². The second kappa shape index (κ2) is 6.57. The van der Waals surface area contributed by atoms with Gasteiger partial charge in [0.15, 0.2) is 11.5 Å². The minimum Gasteiger partial charge on any atom is -0.486 e. The van der Waals surface area contributed by atoms with Gasteiger partial charge in [-0.1, -0.05) is 0 Å². The van der Waals surface area contributed by atoms with E-state index in [1.807, 2.05) is 0 Å². The van der Waals surface area contributed by atoms with Gasteiger partial charge in [0.1, 0.15) is 18.9 Å². The Balaban J connectivity index is 1.96. The van der Waals surface area contributed by atoms with Gasteiger partial charge in [0.2, 0.25) is 10.0 Å². The molecule has 25 heavy (non-hydrogen) atoms. The summed E-state index contributed by atoms with van der Waals surface area (Å²) in [6.45, 7) is 0.889. The third-order valence-corrected chi connectivity index (χ3v) is 4.98. The van der Waals surface area contributed by atoms with Crippen molar-refractivity contribution in [1.82, 2.24) is 4.72 Å². The van der Waals surface area contributed by atoms with Gasteiger partial charge in [-0.25, -0.2) is 13.1 Å². The summed E-state index contributed by atoms with van der Waals surface area (Å²) >= 11 is 0. The lowest BCUT2D eigenvalue weighted by Gasteiger charge is -2.19. The van der Waals surface area contributed by atoms with Gasteiger partial charge >= 0.3 is 0 Å². The van der Waals surface area contributed by atoms with E-state index < -0.39 is 14.9 Å². The molecule has 0 bridgehead atoms. The highest BCUT2D eigenvalue weighted by Gasteiger charge is 2.21. The molecule has 9 nitrogen and oxygen atoms in total. The predicted octanol–water partition coefficient (Wildman–Crippen LogP) is 2.02. The molecule has 2 aromatic rings. The maximum absolute atomic E-state index is 11.8. The summed E-state index contributed by atoms with van der Waals surface area (Å²) in [6.07, 6.45) is 0. The summed E-state index contributed by atoms with van der Waals surface area (Å²) in [5.74, 6) is 1.13. The first-order valence-corrected chi connectivity index (χ1v) is 8.78. The molecule has 0 aromatic heterocycles. The molecule has 0 unspecified atom stereocenters. The number of anilines is 2. The Labute approximate surface area is 143 Å². The van der Waals surface area contributed by atoms with Crippen LogP contribution in [-0.2, 0) is 10.0 Å². The van der Waals surface area contributed by atoms with Crippen LogP contribution in [0, 0.1) is 10.1 Å². The largest absolute Gasteiger partial charge is 0.486 e. The van der Waals surface area contributed by atoms with Crippen molar-refractivity contribution < 1.29 is 22.8 Å². The SMILES string of the molecule is CNS(=O)(=O)c1ccc(Nc2ccc3c(c2)OCCO3)c([N+](=O)[O-])c1. The first kappa shape index (κ1) is 17.0. The van der Waals surface area contributed by atoms with E-state index in [0.29, 0.717) is 30.4 Å². The van der Waals surface area contributed by atoms with Gasteiger partial charge in [0.05, 0.1) is 9.82 Å². The standard InChI is InChI=1S/C15H15N3O6S/c1-16-25(21,22)11-3-4-12(13(9-11)18(19)20)17-10-2-5-14-15(8-10)24-7-6-23-14/h2-5,8-9,16-17H,6-7H2,1H3. The molecular formula is C15H15N3O6S. The van der Waals surface area contributed by atoms with E-state index in [-0.39, 0.29) is 16.3 Å². The molecule has 0 saturated heterocycles. The molecule has 0 saturated carbocycles. The van der Waals surface area contributed by atoms with E-state index >= 15 is 0 Å². The van der Waals surface area contributed by atoms with Crippen LogP contribution in [0.25, 0.3) is 0 Å². The Morgan fingerprint density at radius 3 is 2.48 bits per heavy atom. The van der Waals surface area contributed by atoms with Crippen LogP contribution in [0.4, 0.5) is 17.1 Å². The lowest BCUT2D eigenvalue weighted by Crippen LogP contribution is -2.18. The third kappa shape index (κ3) is 3.49. The van der Waals surface area contributed by atoms with Crippen LogP contribution in [0.5, 0.6) is 11.5 Å². The summed E-state index contributed by atoms with van der Waals surface area (Å²) < 4.78 is 36.7. The minimum absolute atomic E-state index is 0.164. The Morgan fingerprint density at radius 2 is 1.80 bits per heavy atom. The van der Waals surface area contributed by atoms with Crippen molar-refractivity contribution in [1.29, 1.82) is 0 Å². The van der Waals surface area contributed by atoms with Crippen LogP contribution >= 0.6 is 0 Å². The number of nitro benzene ring substituents is 1. The number of hydrogen-bond donors (Lipinski definition) is 2. The molecule has 0 aliphatic carbocycles. The fourth-order valence-corrected chi connectivity index (χ4v) is 3.08. The number of rotatable bonds is 5. The first-order chi connectivity index (χ1) is 11.9. The topological polar surface area (TPSA) is 120 Å². The maximum atomic E-state index is 11.8. The summed E-state index contributed by atoms with van der Waals surface area (Å²) in [5.41, 5.74) is 0.361. The molecule has 0 fully saturated rings. The summed E-state index contributed by atoms with van der Waals surface area (Å²) in [4.78, 5) is 10.5. The van der Waals surface area contributed by atoms with Crippen molar-refractivity contribution in [2.45, 2.75) is 4.90 Å². The molecule has 3 rings (SSSR count). The minimum atomic E-state index is -3.77. The van der Waals surface area contributed by atoms with Gasteiger partial charge < -0.3 is 14.8 Å². The van der Waals surface area contributed by atoms with Crippen molar-refractivity contribution in [2.24, 2.45) is 0 Å². The van der Waals surface area contributed by atoms with E-state index in [1.54, 1.807) is 18.2 Å². The number of sulfonamides is 1. The molecule has 0 atom stereocenters.